The Morgan fingerprint density at radius 2 is 0.957 bits per heavy atom. The van der Waals surface area contributed by atoms with E-state index < -0.39 is 0 Å². The molecule has 6 nitrogen and oxygen atoms in total. The smallest absolute Gasteiger partial charge is 0.227 e. The van der Waals surface area contributed by atoms with Crippen LogP contribution in [-0.4, -0.2) is 19.9 Å². The summed E-state index contributed by atoms with van der Waals surface area (Å²) in [6, 6.07) is 48.4. The van der Waals surface area contributed by atoms with Crippen LogP contribution in [0.25, 0.3) is 89.8 Å². The van der Waals surface area contributed by atoms with Gasteiger partial charge in [-0.1, -0.05) is 103 Å². The normalized spacial score (nSPS) is 11.5. The van der Waals surface area contributed by atoms with Crippen LogP contribution in [-0.2, 0) is 0 Å². The van der Waals surface area contributed by atoms with Gasteiger partial charge in [-0.2, -0.15) is 0 Å². The summed E-state index contributed by atoms with van der Waals surface area (Å²) < 4.78 is 12.2. The standard InChI is InChI=1S/C40H24N4O2/c1-2-11-25(12-3-1)37-42-38(44-39(43-37)31-18-10-22-35-36(31)30-17-4-6-20-33(30)45-35)28-15-8-13-26(23-28)27-14-9-16-29(24-27)40-41-32-19-5-7-21-34(32)46-40/h1-24H. The fourth-order valence-electron chi connectivity index (χ4n) is 5.97. The van der Waals surface area contributed by atoms with Crippen molar-refractivity contribution in [1.29, 1.82) is 0 Å². The van der Waals surface area contributed by atoms with E-state index in [0.29, 0.717) is 23.4 Å². The maximum absolute atomic E-state index is 6.19. The molecule has 0 N–H and O–H groups in total. The van der Waals surface area contributed by atoms with Crippen molar-refractivity contribution in [2.75, 3.05) is 0 Å². The lowest BCUT2D eigenvalue weighted by molar-refractivity contribution is 0.620. The van der Waals surface area contributed by atoms with Crippen molar-refractivity contribution in [1.82, 2.24) is 19.9 Å². The highest BCUT2D eigenvalue weighted by Gasteiger charge is 2.18. The fourth-order valence-corrected chi connectivity index (χ4v) is 5.97. The van der Waals surface area contributed by atoms with Gasteiger partial charge in [0, 0.05) is 33.0 Å². The zero-order valence-electron chi connectivity index (χ0n) is 24.5. The van der Waals surface area contributed by atoms with Gasteiger partial charge >= 0.3 is 0 Å². The molecule has 0 radical (unpaired) electrons. The molecular formula is C40H24N4O2. The summed E-state index contributed by atoms with van der Waals surface area (Å²) in [4.78, 5) is 19.7. The van der Waals surface area contributed by atoms with Gasteiger partial charge in [0.15, 0.2) is 23.1 Å². The second-order valence-electron chi connectivity index (χ2n) is 11.1. The van der Waals surface area contributed by atoms with Gasteiger partial charge in [-0.15, -0.1) is 0 Å². The van der Waals surface area contributed by atoms with Crippen LogP contribution in [0.1, 0.15) is 0 Å². The van der Waals surface area contributed by atoms with E-state index in [1.165, 1.54) is 0 Å². The summed E-state index contributed by atoms with van der Waals surface area (Å²) in [5.74, 6) is 2.37. The van der Waals surface area contributed by atoms with Crippen molar-refractivity contribution >= 4 is 33.0 Å². The molecule has 0 aliphatic carbocycles. The van der Waals surface area contributed by atoms with Crippen molar-refractivity contribution in [3.05, 3.63) is 146 Å². The van der Waals surface area contributed by atoms with E-state index in [1.807, 2.05) is 115 Å². The number of rotatable bonds is 5. The zero-order chi connectivity index (χ0) is 30.5. The number of aromatic nitrogens is 4. The minimum absolute atomic E-state index is 0.587. The number of para-hydroxylation sites is 3. The van der Waals surface area contributed by atoms with Crippen molar-refractivity contribution in [3.8, 4) is 56.7 Å². The predicted octanol–water partition coefficient (Wildman–Crippen LogP) is 10.2. The molecule has 46 heavy (non-hydrogen) atoms. The molecule has 0 atom stereocenters. The number of hydrogen-bond acceptors (Lipinski definition) is 6. The van der Waals surface area contributed by atoms with Crippen molar-refractivity contribution in [2.45, 2.75) is 0 Å². The van der Waals surface area contributed by atoms with Crippen LogP contribution >= 0.6 is 0 Å². The highest BCUT2D eigenvalue weighted by atomic mass is 16.3. The molecule has 0 fully saturated rings. The van der Waals surface area contributed by atoms with Crippen LogP contribution in [0.4, 0.5) is 0 Å². The van der Waals surface area contributed by atoms with Crippen LogP contribution in [0.2, 0.25) is 0 Å². The Labute approximate surface area is 263 Å². The topological polar surface area (TPSA) is 77.8 Å². The first-order valence-electron chi connectivity index (χ1n) is 15.1. The third-order valence-electron chi connectivity index (χ3n) is 8.17. The first kappa shape index (κ1) is 26.0. The van der Waals surface area contributed by atoms with Crippen LogP contribution in [0.5, 0.6) is 0 Å². The largest absolute Gasteiger partial charge is 0.456 e. The molecular weight excluding hydrogens is 568 g/mol. The minimum atomic E-state index is 0.587. The monoisotopic (exact) mass is 592 g/mol. The Morgan fingerprint density at radius 1 is 0.370 bits per heavy atom. The van der Waals surface area contributed by atoms with Gasteiger partial charge in [0.1, 0.15) is 16.7 Å². The molecule has 0 aliphatic heterocycles. The third-order valence-corrected chi connectivity index (χ3v) is 8.17. The number of benzene rings is 6. The summed E-state index contributed by atoms with van der Waals surface area (Å²) in [5.41, 5.74) is 8.90. The second kappa shape index (κ2) is 10.6. The molecule has 0 spiro atoms. The van der Waals surface area contributed by atoms with Gasteiger partial charge in [-0.05, 0) is 53.6 Å². The molecule has 0 amide bonds. The number of furan rings is 1. The molecule has 3 heterocycles. The molecule has 0 unspecified atom stereocenters. The maximum Gasteiger partial charge on any atom is 0.227 e. The Kier molecular flexibility index (Phi) is 6.03. The van der Waals surface area contributed by atoms with Crippen molar-refractivity contribution < 1.29 is 8.83 Å². The van der Waals surface area contributed by atoms with Crippen LogP contribution in [0.3, 0.4) is 0 Å². The minimum Gasteiger partial charge on any atom is -0.456 e. The molecule has 0 saturated carbocycles. The van der Waals surface area contributed by atoms with E-state index in [4.69, 9.17) is 28.8 Å². The Balaban J connectivity index is 1.18. The zero-order valence-corrected chi connectivity index (χ0v) is 24.5. The molecule has 0 saturated heterocycles. The van der Waals surface area contributed by atoms with Gasteiger partial charge in [-0.3, -0.25) is 0 Å². The van der Waals surface area contributed by atoms with Crippen molar-refractivity contribution in [2.24, 2.45) is 0 Å². The van der Waals surface area contributed by atoms with E-state index in [-0.39, 0.29) is 0 Å². The summed E-state index contributed by atoms with van der Waals surface area (Å²) >= 11 is 0. The summed E-state index contributed by atoms with van der Waals surface area (Å²) in [7, 11) is 0. The lowest BCUT2D eigenvalue weighted by atomic mass is 10.0. The molecule has 0 bridgehead atoms. The lowest BCUT2D eigenvalue weighted by Crippen LogP contribution is -2.00. The first-order valence-corrected chi connectivity index (χ1v) is 15.1. The average Bonchev–Trinajstić information content (AvgIpc) is 3.74. The molecule has 0 aliphatic rings. The summed E-state index contributed by atoms with van der Waals surface area (Å²) in [5, 5.41) is 2.01. The molecule has 9 rings (SSSR count). The molecule has 6 heteroatoms. The molecule has 6 aromatic carbocycles. The number of fused-ring (bicyclic) bond motifs is 4. The van der Waals surface area contributed by atoms with E-state index in [1.54, 1.807) is 0 Å². The Bertz CT molecular complexity index is 2520. The third kappa shape index (κ3) is 4.52. The number of oxazole rings is 1. The number of hydrogen-bond donors (Lipinski definition) is 0. The summed E-state index contributed by atoms with van der Waals surface area (Å²) in [6.45, 7) is 0. The van der Waals surface area contributed by atoms with Gasteiger partial charge < -0.3 is 8.83 Å². The van der Waals surface area contributed by atoms with E-state index >= 15 is 0 Å². The fraction of sp³-hybridized carbons (Fsp3) is 0. The van der Waals surface area contributed by atoms with Gasteiger partial charge in [-0.25, -0.2) is 19.9 Å². The average molecular weight is 593 g/mol. The van der Waals surface area contributed by atoms with E-state index in [9.17, 15) is 0 Å². The predicted molar refractivity (Wildman–Crippen MR) is 182 cm³/mol. The Morgan fingerprint density at radius 3 is 1.78 bits per heavy atom. The molecule has 216 valence electrons. The molecule has 9 aromatic rings. The van der Waals surface area contributed by atoms with Crippen molar-refractivity contribution in [3.63, 3.8) is 0 Å². The van der Waals surface area contributed by atoms with Crippen LogP contribution < -0.4 is 0 Å². The highest BCUT2D eigenvalue weighted by Crippen LogP contribution is 2.37. The first-order chi connectivity index (χ1) is 22.8. The Hall–Kier alpha value is -6.40. The maximum atomic E-state index is 6.19. The van der Waals surface area contributed by atoms with E-state index in [2.05, 4.69) is 30.3 Å². The van der Waals surface area contributed by atoms with E-state index in [0.717, 1.165) is 66.4 Å². The van der Waals surface area contributed by atoms with Gasteiger partial charge in [0.25, 0.3) is 0 Å². The van der Waals surface area contributed by atoms with Gasteiger partial charge in [0.2, 0.25) is 5.89 Å². The number of nitrogens with zero attached hydrogens (tertiary/aromatic N) is 4. The molecule has 3 aromatic heterocycles. The quantitative estimate of drug-likeness (QED) is 0.198. The second-order valence-corrected chi connectivity index (χ2v) is 11.1. The van der Waals surface area contributed by atoms with Crippen LogP contribution in [0, 0.1) is 0 Å². The van der Waals surface area contributed by atoms with Gasteiger partial charge in [0.05, 0.1) is 0 Å². The lowest BCUT2D eigenvalue weighted by Gasteiger charge is -2.10. The summed E-state index contributed by atoms with van der Waals surface area (Å²) in [6.07, 6.45) is 0. The highest BCUT2D eigenvalue weighted by molar-refractivity contribution is 6.11. The van der Waals surface area contributed by atoms with Crippen LogP contribution in [0.15, 0.2) is 154 Å². The SMILES string of the molecule is c1ccc(-c2nc(-c3cccc(-c4cccc(-c5nc6ccccc6o5)c4)c3)nc(-c3cccc4oc5ccccc5c34)n2)cc1.